The van der Waals surface area contributed by atoms with Crippen LogP contribution in [0.2, 0.25) is 0 Å². The first-order chi connectivity index (χ1) is 17.6. The number of nitrogens with zero attached hydrogens (tertiary/aromatic N) is 4. The number of fused-ring (bicyclic) bond motifs is 1. The molecular formula is C29H29N5O2. The molecule has 2 aliphatic rings. The number of likely N-dealkylation sites (tertiary alicyclic amines) is 1. The lowest BCUT2D eigenvalue weighted by molar-refractivity contribution is 0.0706. The second-order valence-corrected chi connectivity index (χ2v) is 9.85. The second-order valence-electron chi connectivity index (χ2n) is 9.85. The SMILES string of the molecule is O=C(NCc1ccn2ccnc2c1)c1ccc(C2CCN(C(=O)c3ccc(C4CC4)cn3)CC2)cc1. The summed E-state index contributed by atoms with van der Waals surface area (Å²) in [6.45, 7) is 1.89. The number of carbonyl (C=O) groups is 2. The van der Waals surface area contributed by atoms with E-state index in [0.717, 1.165) is 37.1 Å². The molecule has 1 aliphatic heterocycles. The Kier molecular flexibility index (Phi) is 5.97. The molecule has 2 amide bonds. The van der Waals surface area contributed by atoms with Gasteiger partial charge in [0.05, 0.1) is 0 Å². The van der Waals surface area contributed by atoms with Crippen molar-refractivity contribution >= 4 is 17.5 Å². The Morgan fingerprint density at radius 3 is 2.33 bits per heavy atom. The number of nitrogens with one attached hydrogen (secondary N) is 1. The highest BCUT2D eigenvalue weighted by atomic mass is 16.2. The Morgan fingerprint density at radius 1 is 0.861 bits per heavy atom. The molecule has 0 bridgehead atoms. The van der Waals surface area contributed by atoms with Crippen molar-refractivity contribution < 1.29 is 9.59 Å². The molecule has 7 heteroatoms. The Labute approximate surface area is 210 Å². The van der Waals surface area contributed by atoms with Crippen LogP contribution in [0.5, 0.6) is 0 Å². The zero-order chi connectivity index (χ0) is 24.5. The van der Waals surface area contributed by atoms with Crippen LogP contribution in [0.3, 0.4) is 0 Å². The molecule has 4 aromatic rings. The topological polar surface area (TPSA) is 79.6 Å². The van der Waals surface area contributed by atoms with Gasteiger partial charge in [-0.05, 0) is 84.5 Å². The van der Waals surface area contributed by atoms with Crippen molar-refractivity contribution in [2.24, 2.45) is 0 Å². The lowest BCUT2D eigenvalue weighted by Gasteiger charge is -2.32. The minimum atomic E-state index is -0.0922. The Hall–Kier alpha value is -4.00. The van der Waals surface area contributed by atoms with Crippen LogP contribution in [0.15, 0.2) is 73.3 Å². The van der Waals surface area contributed by atoms with Gasteiger partial charge in [-0.15, -0.1) is 0 Å². The lowest BCUT2D eigenvalue weighted by Crippen LogP contribution is -2.38. The van der Waals surface area contributed by atoms with Gasteiger partial charge >= 0.3 is 0 Å². The quantitative estimate of drug-likeness (QED) is 0.440. The number of carbonyl (C=O) groups excluding carboxylic acids is 2. The molecule has 0 radical (unpaired) electrons. The maximum Gasteiger partial charge on any atom is 0.272 e. The first-order valence-corrected chi connectivity index (χ1v) is 12.7. The van der Waals surface area contributed by atoms with E-state index < -0.39 is 0 Å². The van der Waals surface area contributed by atoms with Gasteiger partial charge in [-0.1, -0.05) is 18.2 Å². The summed E-state index contributed by atoms with van der Waals surface area (Å²) >= 11 is 0. The van der Waals surface area contributed by atoms with Gasteiger partial charge in [-0.2, -0.15) is 0 Å². The average molecular weight is 480 g/mol. The van der Waals surface area contributed by atoms with E-state index in [-0.39, 0.29) is 11.8 Å². The standard InChI is InChI=1S/C29H29N5O2/c35-28(32-18-20-9-13-33-16-12-30-27(33)17-20)24-5-3-21(4-6-24)23-10-14-34(15-11-23)29(36)26-8-7-25(19-31-26)22-1-2-22/h3-9,12-13,16-17,19,22-23H,1-2,10-11,14-15,18H2,(H,32,35). The highest BCUT2D eigenvalue weighted by Crippen LogP contribution is 2.39. The fraction of sp³-hybridized carbons (Fsp3) is 0.310. The van der Waals surface area contributed by atoms with E-state index in [0.29, 0.717) is 29.6 Å². The normalized spacial score (nSPS) is 16.3. The van der Waals surface area contributed by atoms with Crippen LogP contribution in [0.25, 0.3) is 5.65 Å². The van der Waals surface area contributed by atoms with Gasteiger partial charge in [0.25, 0.3) is 11.8 Å². The Balaban J connectivity index is 1.01. The first-order valence-electron chi connectivity index (χ1n) is 12.7. The smallest absolute Gasteiger partial charge is 0.272 e. The van der Waals surface area contributed by atoms with Gasteiger partial charge in [0, 0.05) is 50.0 Å². The summed E-state index contributed by atoms with van der Waals surface area (Å²) in [6.07, 6.45) is 11.7. The van der Waals surface area contributed by atoms with Crippen molar-refractivity contribution in [1.82, 2.24) is 24.6 Å². The van der Waals surface area contributed by atoms with Gasteiger partial charge in [0.2, 0.25) is 0 Å². The Morgan fingerprint density at radius 2 is 1.61 bits per heavy atom. The maximum absolute atomic E-state index is 12.9. The van der Waals surface area contributed by atoms with Crippen molar-refractivity contribution in [2.45, 2.75) is 44.1 Å². The van der Waals surface area contributed by atoms with Crippen molar-refractivity contribution in [3.05, 3.63) is 101 Å². The van der Waals surface area contributed by atoms with E-state index in [4.69, 9.17) is 0 Å². The van der Waals surface area contributed by atoms with E-state index in [1.54, 1.807) is 6.20 Å². The van der Waals surface area contributed by atoms with Gasteiger partial charge in [0.15, 0.2) is 0 Å². The third kappa shape index (κ3) is 4.73. The van der Waals surface area contributed by atoms with Crippen LogP contribution >= 0.6 is 0 Å². The molecule has 36 heavy (non-hydrogen) atoms. The number of hydrogen-bond acceptors (Lipinski definition) is 4. The zero-order valence-electron chi connectivity index (χ0n) is 20.1. The maximum atomic E-state index is 12.9. The number of hydrogen-bond donors (Lipinski definition) is 1. The molecule has 1 aliphatic carbocycles. The third-order valence-corrected chi connectivity index (χ3v) is 7.40. The van der Waals surface area contributed by atoms with Crippen LogP contribution in [-0.4, -0.2) is 44.2 Å². The summed E-state index contributed by atoms with van der Waals surface area (Å²) in [5, 5.41) is 2.99. The number of imidazole rings is 1. The first kappa shape index (κ1) is 22.5. The summed E-state index contributed by atoms with van der Waals surface area (Å²) in [4.78, 5) is 36.2. The highest BCUT2D eigenvalue weighted by molar-refractivity contribution is 5.94. The molecule has 0 spiro atoms. The van der Waals surface area contributed by atoms with Crippen LogP contribution in [0, 0.1) is 0 Å². The molecule has 0 unspecified atom stereocenters. The van der Waals surface area contributed by atoms with E-state index in [9.17, 15) is 9.59 Å². The molecule has 0 atom stereocenters. The van der Waals surface area contributed by atoms with Gasteiger partial charge in [0.1, 0.15) is 11.3 Å². The largest absolute Gasteiger partial charge is 0.348 e. The third-order valence-electron chi connectivity index (χ3n) is 7.40. The summed E-state index contributed by atoms with van der Waals surface area (Å²) in [5.74, 6) is 0.963. The van der Waals surface area contributed by atoms with Crippen molar-refractivity contribution in [3.63, 3.8) is 0 Å². The van der Waals surface area contributed by atoms with Crippen LogP contribution in [-0.2, 0) is 6.54 Å². The fourth-order valence-corrected chi connectivity index (χ4v) is 5.02. The molecule has 6 rings (SSSR count). The molecule has 1 saturated heterocycles. The summed E-state index contributed by atoms with van der Waals surface area (Å²) in [7, 11) is 0. The molecule has 3 aromatic heterocycles. The van der Waals surface area contributed by atoms with Crippen LogP contribution < -0.4 is 5.32 Å². The molecule has 1 saturated carbocycles. The number of pyridine rings is 2. The van der Waals surface area contributed by atoms with E-state index >= 15 is 0 Å². The number of piperidine rings is 1. The molecule has 7 nitrogen and oxygen atoms in total. The lowest BCUT2D eigenvalue weighted by atomic mass is 9.89. The minimum absolute atomic E-state index is 0.0229. The number of aromatic nitrogens is 3. The molecule has 1 aromatic carbocycles. The summed E-state index contributed by atoms with van der Waals surface area (Å²) < 4.78 is 1.94. The minimum Gasteiger partial charge on any atom is -0.348 e. The van der Waals surface area contributed by atoms with E-state index in [1.165, 1.54) is 24.0 Å². The summed E-state index contributed by atoms with van der Waals surface area (Å²) in [6, 6.07) is 15.8. The molecule has 4 heterocycles. The zero-order valence-corrected chi connectivity index (χ0v) is 20.1. The van der Waals surface area contributed by atoms with E-state index in [2.05, 4.69) is 21.4 Å². The highest BCUT2D eigenvalue weighted by Gasteiger charge is 2.27. The predicted octanol–water partition coefficient (Wildman–Crippen LogP) is 4.56. The van der Waals surface area contributed by atoms with Crippen molar-refractivity contribution in [1.29, 1.82) is 0 Å². The Bertz CT molecular complexity index is 1380. The fourth-order valence-electron chi connectivity index (χ4n) is 5.02. The molecule has 182 valence electrons. The van der Waals surface area contributed by atoms with Gasteiger partial charge < -0.3 is 14.6 Å². The number of benzene rings is 1. The summed E-state index contributed by atoms with van der Waals surface area (Å²) in [5.41, 5.74) is 5.52. The van der Waals surface area contributed by atoms with Gasteiger partial charge in [-0.25, -0.2) is 4.98 Å². The van der Waals surface area contributed by atoms with E-state index in [1.807, 2.05) is 70.4 Å². The number of rotatable bonds is 6. The van der Waals surface area contributed by atoms with Crippen molar-refractivity contribution in [3.8, 4) is 0 Å². The van der Waals surface area contributed by atoms with Crippen molar-refractivity contribution in [2.75, 3.05) is 13.1 Å². The molecular weight excluding hydrogens is 450 g/mol. The van der Waals surface area contributed by atoms with Gasteiger partial charge in [-0.3, -0.25) is 14.6 Å². The second kappa shape index (κ2) is 9.57. The predicted molar refractivity (Wildman–Crippen MR) is 137 cm³/mol. The van der Waals surface area contributed by atoms with Crippen LogP contribution in [0.1, 0.15) is 75.1 Å². The monoisotopic (exact) mass is 479 g/mol. The average Bonchev–Trinajstić information content (AvgIpc) is 3.68. The van der Waals surface area contributed by atoms with Crippen LogP contribution in [0.4, 0.5) is 0 Å². The molecule has 2 fully saturated rings. The number of amides is 2. The molecule has 1 N–H and O–H groups in total.